The van der Waals surface area contributed by atoms with Crippen LogP contribution >= 0.6 is 0 Å². The average Bonchev–Trinajstić information content (AvgIpc) is 2.17. The Morgan fingerprint density at radius 2 is 2.14 bits per heavy atom. The van der Waals surface area contributed by atoms with Gasteiger partial charge in [0, 0.05) is 17.8 Å². The molecule has 1 rings (SSSR count). The van der Waals surface area contributed by atoms with Crippen molar-refractivity contribution in [3.63, 3.8) is 0 Å². The van der Waals surface area contributed by atoms with Gasteiger partial charge < -0.3 is 15.2 Å². The van der Waals surface area contributed by atoms with Crippen molar-refractivity contribution in [2.24, 2.45) is 5.73 Å². The first-order valence-electron chi connectivity index (χ1n) is 4.36. The van der Waals surface area contributed by atoms with Gasteiger partial charge in [-0.2, -0.15) is 4.98 Å². The second kappa shape index (κ2) is 4.76. The molecule has 0 bridgehead atoms. The monoisotopic (exact) mass is 197 g/mol. The average molecular weight is 197 g/mol. The quantitative estimate of drug-likeness (QED) is 0.755. The van der Waals surface area contributed by atoms with E-state index in [0.717, 1.165) is 5.56 Å². The van der Waals surface area contributed by atoms with Gasteiger partial charge in [-0.1, -0.05) is 0 Å². The van der Waals surface area contributed by atoms with Crippen LogP contribution in [-0.4, -0.2) is 30.2 Å². The molecule has 0 radical (unpaired) electrons. The lowest BCUT2D eigenvalue weighted by Gasteiger charge is -2.09. The van der Waals surface area contributed by atoms with Gasteiger partial charge in [0.1, 0.15) is 0 Å². The predicted molar refractivity (Wildman–Crippen MR) is 52.5 cm³/mol. The number of hydrogen-bond donors (Lipinski definition) is 1. The van der Waals surface area contributed by atoms with Crippen LogP contribution in [0.25, 0.3) is 0 Å². The van der Waals surface area contributed by atoms with Gasteiger partial charge in [0.05, 0.1) is 14.2 Å². The smallest absolute Gasteiger partial charge is 0.319 e. The topological polar surface area (TPSA) is 70.3 Å². The summed E-state index contributed by atoms with van der Waals surface area (Å²) in [5.41, 5.74) is 6.57. The molecule has 2 N–H and O–H groups in total. The lowest BCUT2D eigenvalue weighted by atomic mass is 10.1. The molecule has 1 unspecified atom stereocenters. The second-order valence-electron chi connectivity index (χ2n) is 3.07. The Labute approximate surface area is 83.3 Å². The van der Waals surface area contributed by atoms with E-state index in [9.17, 15) is 0 Å². The second-order valence-corrected chi connectivity index (χ2v) is 3.07. The standard InChI is InChI=1S/C9H15N3O2/c1-6(10)4-7-5-11-9(14-3)12-8(7)13-2/h5-6H,4,10H2,1-3H3. The first kappa shape index (κ1) is 10.7. The zero-order chi connectivity index (χ0) is 10.6. The number of nitrogens with two attached hydrogens (primary N) is 1. The van der Waals surface area contributed by atoms with E-state index in [-0.39, 0.29) is 6.04 Å². The summed E-state index contributed by atoms with van der Waals surface area (Å²) < 4.78 is 9.99. The minimum Gasteiger partial charge on any atom is -0.481 e. The van der Waals surface area contributed by atoms with Crippen LogP contribution in [0.5, 0.6) is 11.9 Å². The highest BCUT2D eigenvalue weighted by molar-refractivity contribution is 5.25. The number of methoxy groups -OCH3 is 2. The Bertz CT molecular complexity index is 302. The lowest BCUT2D eigenvalue weighted by molar-refractivity contribution is 0.348. The van der Waals surface area contributed by atoms with Crippen LogP contribution < -0.4 is 15.2 Å². The highest BCUT2D eigenvalue weighted by atomic mass is 16.5. The molecular formula is C9H15N3O2. The molecule has 1 atom stereocenters. The van der Waals surface area contributed by atoms with Crippen LogP contribution in [0, 0.1) is 0 Å². The molecule has 14 heavy (non-hydrogen) atoms. The summed E-state index contributed by atoms with van der Waals surface area (Å²) in [6.07, 6.45) is 2.36. The first-order chi connectivity index (χ1) is 6.67. The van der Waals surface area contributed by atoms with Crippen LogP contribution in [0.4, 0.5) is 0 Å². The number of rotatable bonds is 4. The van der Waals surface area contributed by atoms with E-state index >= 15 is 0 Å². The minimum atomic E-state index is 0.0564. The van der Waals surface area contributed by atoms with Gasteiger partial charge in [0.2, 0.25) is 5.88 Å². The van der Waals surface area contributed by atoms with E-state index < -0.39 is 0 Å². The Morgan fingerprint density at radius 1 is 1.43 bits per heavy atom. The molecule has 0 saturated heterocycles. The normalized spacial score (nSPS) is 12.3. The Hall–Kier alpha value is -1.36. The Balaban J connectivity index is 2.93. The molecule has 1 aromatic heterocycles. The highest BCUT2D eigenvalue weighted by Crippen LogP contribution is 2.17. The van der Waals surface area contributed by atoms with E-state index in [2.05, 4.69) is 9.97 Å². The fourth-order valence-corrected chi connectivity index (χ4v) is 1.14. The van der Waals surface area contributed by atoms with Crippen molar-refractivity contribution in [2.45, 2.75) is 19.4 Å². The minimum absolute atomic E-state index is 0.0564. The third kappa shape index (κ3) is 2.56. The number of aromatic nitrogens is 2. The van der Waals surface area contributed by atoms with Crippen molar-refractivity contribution in [3.8, 4) is 11.9 Å². The van der Waals surface area contributed by atoms with Gasteiger partial charge in [0.15, 0.2) is 0 Å². The highest BCUT2D eigenvalue weighted by Gasteiger charge is 2.09. The van der Waals surface area contributed by atoms with Gasteiger partial charge in [0.25, 0.3) is 0 Å². The van der Waals surface area contributed by atoms with Gasteiger partial charge in [-0.15, -0.1) is 0 Å². The first-order valence-corrected chi connectivity index (χ1v) is 4.36. The van der Waals surface area contributed by atoms with Crippen molar-refractivity contribution < 1.29 is 9.47 Å². The van der Waals surface area contributed by atoms with E-state index in [1.165, 1.54) is 7.11 Å². The fraction of sp³-hybridized carbons (Fsp3) is 0.556. The third-order valence-electron chi connectivity index (χ3n) is 1.72. The van der Waals surface area contributed by atoms with Crippen LogP contribution in [-0.2, 0) is 6.42 Å². The molecule has 0 aliphatic carbocycles. The van der Waals surface area contributed by atoms with Gasteiger partial charge in [-0.25, -0.2) is 4.98 Å². The van der Waals surface area contributed by atoms with E-state index in [0.29, 0.717) is 18.3 Å². The molecule has 5 heteroatoms. The maximum absolute atomic E-state index is 5.68. The van der Waals surface area contributed by atoms with Crippen molar-refractivity contribution in [3.05, 3.63) is 11.8 Å². The molecule has 0 aliphatic rings. The summed E-state index contributed by atoms with van der Waals surface area (Å²) in [5.74, 6) is 0.522. The van der Waals surface area contributed by atoms with Crippen molar-refractivity contribution in [1.29, 1.82) is 0 Å². The van der Waals surface area contributed by atoms with Crippen LogP contribution in [0.2, 0.25) is 0 Å². The summed E-state index contributed by atoms with van der Waals surface area (Å²) >= 11 is 0. The molecule has 1 aromatic rings. The number of nitrogens with zero attached hydrogens (tertiary/aromatic N) is 2. The summed E-state index contributed by atoms with van der Waals surface area (Å²) in [4.78, 5) is 8.04. The molecule has 78 valence electrons. The van der Waals surface area contributed by atoms with Crippen LogP contribution in [0.15, 0.2) is 6.20 Å². The molecule has 0 aliphatic heterocycles. The Kier molecular flexibility index (Phi) is 3.64. The molecule has 0 amide bonds. The molecule has 0 saturated carbocycles. The predicted octanol–water partition coefficient (Wildman–Crippen LogP) is 0.384. The van der Waals surface area contributed by atoms with E-state index in [4.69, 9.17) is 15.2 Å². The number of ether oxygens (including phenoxy) is 2. The summed E-state index contributed by atoms with van der Waals surface area (Å²) in [6.45, 7) is 1.92. The van der Waals surface area contributed by atoms with Gasteiger partial charge in [-0.05, 0) is 13.3 Å². The maximum atomic E-state index is 5.68. The SMILES string of the molecule is COc1ncc(CC(C)N)c(OC)n1. The molecule has 0 spiro atoms. The largest absolute Gasteiger partial charge is 0.481 e. The zero-order valence-corrected chi connectivity index (χ0v) is 8.65. The van der Waals surface area contributed by atoms with Crippen LogP contribution in [0.3, 0.4) is 0 Å². The summed E-state index contributed by atoms with van der Waals surface area (Å²) in [5, 5.41) is 0. The molecule has 5 nitrogen and oxygen atoms in total. The maximum Gasteiger partial charge on any atom is 0.319 e. The van der Waals surface area contributed by atoms with Crippen LogP contribution in [0.1, 0.15) is 12.5 Å². The zero-order valence-electron chi connectivity index (χ0n) is 8.65. The van der Waals surface area contributed by atoms with Crippen molar-refractivity contribution in [2.75, 3.05) is 14.2 Å². The van der Waals surface area contributed by atoms with E-state index in [1.54, 1.807) is 13.3 Å². The lowest BCUT2D eigenvalue weighted by Crippen LogP contribution is -2.18. The van der Waals surface area contributed by atoms with Crippen molar-refractivity contribution >= 4 is 0 Å². The third-order valence-corrected chi connectivity index (χ3v) is 1.72. The molecule has 0 aromatic carbocycles. The fourth-order valence-electron chi connectivity index (χ4n) is 1.14. The molecular weight excluding hydrogens is 182 g/mol. The van der Waals surface area contributed by atoms with Crippen molar-refractivity contribution in [1.82, 2.24) is 9.97 Å². The van der Waals surface area contributed by atoms with Gasteiger partial charge >= 0.3 is 6.01 Å². The summed E-state index contributed by atoms with van der Waals surface area (Å²) in [7, 11) is 3.08. The Morgan fingerprint density at radius 3 is 2.64 bits per heavy atom. The van der Waals surface area contributed by atoms with E-state index in [1.807, 2.05) is 6.92 Å². The van der Waals surface area contributed by atoms with Gasteiger partial charge in [-0.3, -0.25) is 0 Å². The number of hydrogen-bond acceptors (Lipinski definition) is 5. The molecule has 1 heterocycles. The summed E-state index contributed by atoms with van der Waals surface area (Å²) in [6, 6.07) is 0.358. The molecule has 0 fully saturated rings.